The molecule has 2 aliphatic heterocycles. The summed E-state index contributed by atoms with van der Waals surface area (Å²) in [5.41, 5.74) is -0.418. The number of likely N-dealkylation sites (tertiary alicyclic amines) is 1. The van der Waals surface area contributed by atoms with Crippen LogP contribution >= 0.6 is 0 Å². The number of β-amino-alcohol motifs (C(OH)–C–C–N with tert-alkyl or cyclic N) is 1. The number of hydrogen-bond acceptors (Lipinski definition) is 3. The highest BCUT2D eigenvalue weighted by atomic mass is 16.5. The van der Waals surface area contributed by atoms with E-state index in [1.807, 2.05) is 0 Å². The first-order valence-electron chi connectivity index (χ1n) is 5.66. The standard InChI is InChI=1S/C11H21NO2/c1-9(2)11(13)7-12(8-11)10-3-5-14-6-4-10/h9-10,13H,3-8H2,1-2H3. The van der Waals surface area contributed by atoms with E-state index in [1.165, 1.54) is 0 Å². The highest BCUT2D eigenvalue weighted by Gasteiger charge is 2.46. The minimum absolute atomic E-state index is 0.374. The Balaban J connectivity index is 1.81. The van der Waals surface area contributed by atoms with Gasteiger partial charge >= 0.3 is 0 Å². The number of nitrogens with zero attached hydrogens (tertiary/aromatic N) is 1. The molecular weight excluding hydrogens is 178 g/mol. The van der Waals surface area contributed by atoms with Gasteiger partial charge in [0, 0.05) is 32.3 Å². The van der Waals surface area contributed by atoms with Crippen LogP contribution < -0.4 is 0 Å². The summed E-state index contributed by atoms with van der Waals surface area (Å²) in [5.74, 6) is 0.374. The zero-order valence-electron chi connectivity index (χ0n) is 9.20. The maximum atomic E-state index is 10.1. The second-order valence-corrected chi connectivity index (χ2v) is 5.01. The largest absolute Gasteiger partial charge is 0.387 e. The molecule has 0 atom stereocenters. The fourth-order valence-corrected chi connectivity index (χ4v) is 2.33. The van der Waals surface area contributed by atoms with Crippen LogP contribution in [-0.4, -0.2) is 48.0 Å². The van der Waals surface area contributed by atoms with Gasteiger partial charge in [0.1, 0.15) is 0 Å². The van der Waals surface area contributed by atoms with Crippen LogP contribution in [0.2, 0.25) is 0 Å². The average Bonchev–Trinajstić information content (AvgIpc) is 2.14. The molecule has 0 saturated carbocycles. The van der Waals surface area contributed by atoms with E-state index in [1.54, 1.807) is 0 Å². The van der Waals surface area contributed by atoms with E-state index in [-0.39, 0.29) is 0 Å². The van der Waals surface area contributed by atoms with Crippen molar-refractivity contribution in [1.82, 2.24) is 4.90 Å². The summed E-state index contributed by atoms with van der Waals surface area (Å²) in [6.07, 6.45) is 2.27. The van der Waals surface area contributed by atoms with Gasteiger partial charge in [-0.25, -0.2) is 0 Å². The second-order valence-electron chi connectivity index (χ2n) is 5.01. The molecule has 0 spiro atoms. The summed E-state index contributed by atoms with van der Waals surface area (Å²) in [5, 5.41) is 10.1. The third kappa shape index (κ3) is 1.81. The first-order chi connectivity index (χ1) is 6.62. The SMILES string of the molecule is CC(C)C1(O)CN(C2CCOCC2)C1. The van der Waals surface area contributed by atoms with Crippen LogP contribution in [0.15, 0.2) is 0 Å². The molecule has 0 unspecified atom stereocenters. The zero-order valence-corrected chi connectivity index (χ0v) is 9.20. The molecule has 0 aromatic rings. The number of hydrogen-bond donors (Lipinski definition) is 1. The van der Waals surface area contributed by atoms with Crippen LogP contribution in [0.25, 0.3) is 0 Å². The van der Waals surface area contributed by atoms with E-state index in [4.69, 9.17) is 4.74 Å². The Morgan fingerprint density at radius 3 is 2.36 bits per heavy atom. The summed E-state index contributed by atoms with van der Waals surface area (Å²) in [4.78, 5) is 2.41. The molecule has 0 aromatic heterocycles. The van der Waals surface area contributed by atoms with Crippen LogP contribution in [0.5, 0.6) is 0 Å². The zero-order chi connectivity index (χ0) is 10.2. The van der Waals surface area contributed by atoms with Gasteiger partial charge in [-0.15, -0.1) is 0 Å². The van der Waals surface area contributed by atoms with Crippen molar-refractivity contribution in [2.24, 2.45) is 5.92 Å². The van der Waals surface area contributed by atoms with Crippen LogP contribution in [0.3, 0.4) is 0 Å². The summed E-state index contributed by atoms with van der Waals surface area (Å²) in [6, 6.07) is 0.655. The minimum Gasteiger partial charge on any atom is -0.387 e. The van der Waals surface area contributed by atoms with E-state index in [9.17, 15) is 5.11 Å². The van der Waals surface area contributed by atoms with Gasteiger partial charge in [0.25, 0.3) is 0 Å². The molecule has 2 rings (SSSR count). The molecule has 1 N–H and O–H groups in total. The van der Waals surface area contributed by atoms with Gasteiger partial charge in [0.2, 0.25) is 0 Å². The normalized spacial score (nSPS) is 29.1. The molecular formula is C11H21NO2. The predicted octanol–water partition coefficient (Wildman–Crippen LogP) is 0.868. The maximum Gasteiger partial charge on any atom is 0.0923 e. The molecule has 0 radical (unpaired) electrons. The predicted molar refractivity (Wildman–Crippen MR) is 55.2 cm³/mol. The molecule has 3 nitrogen and oxygen atoms in total. The molecule has 0 bridgehead atoms. The van der Waals surface area contributed by atoms with Crippen molar-refractivity contribution in [3.8, 4) is 0 Å². The Labute approximate surface area is 86.0 Å². The summed E-state index contributed by atoms with van der Waals surface area (Å²) in [6.45, 7) is 7.69. The van der Waals surface area contributed by atoms with Gasteiger partial charge in [-0.05, 0) is 18.8 Å². The van der Waals surface area contributed by atoms with Crippen LogP contribution in [0.1, 0.15) is 26.7 Å². The molecule has 2 aliphatic rings. The van der Waals surface area contributed by atoms with Crippen LogP contribution in [0, 0.1) is 5.92 Å². The van der Waals surface area contributed by atoms with Crippen molar-refractivity contribution < 1.29 is 9.84 Å². The van der Waals surface area contributed by atoms with E-state index in [0.717, 1.165) is 39.1 Å². The third-order valence-corrected chi connectivity index (χ3v) is 3.74. The Morgan fingerprint density at radius 2 is 1.86 bits per heavy atom. The van der Waals surface area contributed by atoms with Gasteiger partial charge in [0.15, 0.2) is 0 Å². The molecule has 0 aromatic carbocycles. The molecule has 0 amide bonds. The summed E-state index contributed by atoms with van der Waals surface area (Å²) >= 11 is 0. The summed E-state index contributed by atoms with van der Waals surface area (Å²) < 4.78 is 5.33. The Hall–Kier alpha value is -0.120. The lowest BCUT2D eigenvalue weighted by Gasteiger charge is -2.53. The lowest BCUT2D eigenvalue weighted by atomic mass is 9.81. The van der Waals surface area contributed by atoms with Crippen molar-refractivity contribution in [2.75, 3.05) is 26.3 Å². The van der Waals surface area contributed by atoms with E-state index in [0.29, 0.717) is 12.0 Å². The van der Waals surface area contributed by atoms with Crippen molar-refractivity contribution in [1.29, 1.82) is 0 Å². The maximum absolute atomic E-state index is 10.1. The fraction of sp³-hybridized carbons (Fsp3) is 1.00. The highest BCUT2D eigenvalue weighted by molar-refractivity contribution is 5.00. The number of ether oxygens (including phenoxy) is 1. The van der Waals surface area contributed by atoms with Crippen LogP contribution in [-0.2, 0) is 4.74 Å². The first kappa shape index (κ1) is 10.4. The van der Waals surface area contributed by atoms with Crippen molar-refractivity contribution in [3.63, 3.8) is 0 Å². The van der Waals surface area contributed by atoms with Crippen molar-refractivity contribution >= 4 is 0 Å². The fourth-order valence-electron chi connectivity index (χ4n) is 2.33. The quantitative estimate of drug-likeness (QED) is 0.716. The highest BCUT2D eigenvalue weighted by Crippen LogP contribution is 2.32. The van der Waals surface area contributed by atoms with Crippen molar-refractivity contribution in [3.05, 3.63) is 0 Å². The number of rotatable bonds is 2. The van der Waals surface area contributed by atoms with E-state index < -0.39 is 5.60 Å². The third-order valence-electron chi connectivity index (χ3n) is 3.74. The first-order valence-corrected chi connectivity index (χ1v) is 5.66. The molecule has 2 fully saturated rings. The number of aliphatic hydroxyl groups is 1. The topological polar surface area (TPSA) is 32.7 Å². The lowest BCUT2D eigenvalue weighted by Crippen LogP contribution is -2.67. The molecule has 2 saturated heterocycles. The van der Waals surface area contributed by atoms with Gasteiger partial charge in [-0.2, -0.15) is 0 Å². The molecule has 2 heterocycles. The Kier molecular flexibility index (Phi) is 2.82. The molecule has 82 valence electrons. The van der Waals surface area contributed by atoms with Gasteiger partial charge in [-0.1, -0.05) is 13.8 Å². The van der Waals surface area contributed by atoms with E-state index >= 15 is 0 Å². The molecule has 0 aliphatic carbocycles. The average molecular weight is 199 g/mol. The molecule has 14 heavy (non-hydrogen) atoms. The Morgan fingerprint density at radius 1 is 1.29 bits per heavy atom. The van der Waals surface area contributed by atoms with Crippen molar-refractivity contribution in [2.45, 2.75) is 38.3 Å². The minimum atomic E-state index is -0.418. The lowest BCUT2D eigenvalue weighted by molar-refractivity contribution is -0.152. The van der Waals surface area contributed by atoms with Gasteiger partial charge in [-0.3, -0.25) is 4.90 Å². The van der Waals surface area contributed by atoms with Gasteiger partial charge < -0.3 is 9.84 Å². The molecule has 3 heteroatoms. The van der Waals surface area contributed by atoms with Gasteiger partial charge in [0.05, 0.1) is 5.60 Å². The smallest absolute Gasteiger partial charge is 0.0923 e. The van der Waals surface area contributed by atoms with Crippen LogP contribution in [0.4, 0.5) is 0 Å². The van der Waals surface area contributed by atoms with E-state index in [2.05, 4.69) is 18.7 Å². The Bertz CT molecular complexity index is 193. The summed E-state index contributed by atoms with van der Waals surface area (Å²) in [7, 11) is 0. The monoisotopic (exact) mass is 199 g/mol. The second kappa shape index (κ2) is 3.80.